The van der Waals surface area contributed by atoms with E-state index in [1.54, 1.807) is 0 Å². The van der Waals surface area contributed by atoms with E-state index in [0.717, 1.165) is 12.4 Å². The van der Waals surface area contributed by atoms with Crippen LogP contribution in [-0.4, -0.2) is 45.1 Å². The molecule has 18 heavy (non-hydrogen) atoms. The van der Waals surface area contributed by atoms with E-state index in [-0.39, 0.29) is 24.8 Å². The minimum atomic E-state index is -0.622. The lowest BCUT2D eigenvalue weighted by molar-refractivity contribution is -0.417. The first-order valence-electron chi connectivity index (χ1n) is 5.00. The van der Waals surface area contributed by atoms with Gasteiger partial charge in [0.25, 0.3) is 5.82 Å². The predicted octanol–water partition coefficient (Wildman–Crippen LogP) is -0.0866. The van der Waals surface area contributed by atoms with Gasteiger partial charge in [-0.2, -0.15) is 4.57 Å². The van der Waals surface area contributed by atoms with Gasteiger partial charge in [-0.15, -0.1) is 0 Å². The minimum Gasteiger partial charge on any atom is -0.624 e. The molecule has 0 spiro atoms. The quantitative estimate of drug-likeness (QED) is 0.182. The first-order chi connectivity index (χ1) is 8.41. The van der Waals surface area contributed by atoms with Crippen LogP contribution >= 0.6 is 0 Å². The van der Waals surface area contributed by atoms with Crippen LogP contribution < -0.4 is 0 Å². The average Bonchev–Trinajstić information content (AvgIpc) is 2.60. The molecule has 0 aliphatic heterocycles. The van der Waals surface area contributed by atoms with Gasteiger partial charge in [-0.05, 0) is 4.92 Å². The van der Waals surface area contributed by atoms with E-state index < -0.39 is 10.9 Å². The van der Waals surface area contributed by atoms with Crippen molar-refractivity contribution in [1.82, 2.24) is 9.55 Å². The maximum absolute atomic E-state index is 10.9. The van der Waals surface area contributed by atoms with E-state index in [9.17, 15) is 20.1 Å². The van der Waals surface area contributed by atoms with Crippen molar-refractivity contribution in [2.24, 2.45) is 0 Å². The number of nitro groups is 1. The van der Waals surface area contributed by atoms with E-state index in [1.807, 2.05) is 0 Å². The van der Waals surface area contributed by atoms with Gasteiger partial charge in [0.1, 0.15) is 26.4 Å². The third kappa shape index (κ3) is 3.54. The summed E-state index contributed by atoms with van der Waals surface area (Å²) in [7, 11) is 1.23. The van der Waals surface area contributed by atoms with Gasteiger partial charge < -0.3 is 20.1 Å². The Hall–Kier alpha value is -2.45. The summed E-state index contributed by atoms with van der Waals surface area (Å²) in [6.45, 7) is 1.26. The molecule has 0 N–H and O–H groups in total. The minimum absolute atomic E-state index is 0.0318. The number of aromatic nitrogens is 2. The second-order valence-corrected chi connectivity index (χ2v) is 3.40. The Morgan fingerprint density at radius 1 is 1.61 bits per heavy atom. The largest absolute Gasteiger partial charge is 0.624 e. The molecule has 0 unspecified atom stereocenters. The van der Waals surface area contributed by atoms with Crippen LogP contribution in [0.5, 0.6) is 0 Å². The summed E-state index contributed by atoms with van der Waals surface area (Å²) in [5, 5.41) is 21.6. The van der Waals surface area contributed by atoms with Crippen molar-refractivity contribution >= 4 is 18.0 Å². The van der Waals surface area contributed by atoms with Crippen LogP contribution in [0.2, 0.25) is 0 Å². The van der Waals surface area contributed by atoms with Crippen molar-refractivity contribution in [2.75, 3.05) is 13.7 Å². The molecule has 0 saturated carbocycles. The summed E-state index contributed by atoms with van der Waals surface area (Å²) in [6, 6.07) is 0. The van der Waals surface area contributed by atoms with Gasteiger partial charge in [-0.1, -0.05) is 0 Å². The van der Waals surface area contributed by atoms with Gasteiger partial charge in [-0.25, -0.2) is 9.72 Å². The molecule has 0 aromatic carbocycles. The van der Waals surface area contributed by atoms with Gasteiger partial charge in [0.2, 0.25) is 6.21 Å². The lowest BCUT2D eigenvalue weighted by Gasteiger charge is -2.03. The fraction of sp³-hybridized carbons (Fsp3) is 0.444. The highest BCUT2D eigenvalue weighted by atomic mass is 16.6. The van der Waals surface area contributed by atoms with E-state index in [0.29, 0.717) is 4.74 Å². The molecule has 1 aromatic rings. The molecule has 0 fully saturated rings. The van der Waals surface area contributed by atoms with E-state index in [1.165, 1.54) is 18.5 Å². The zero-order valence-corrected chi connectivity index (χ0v) is 9.90. The normalized spacial score (nSPS) is 11.3. The summed E-state index contributed by atoms with van der Waals surface area (Å²) in [5.41, 5.74) is 0. The maximum atomic E-state index is 10.9. The van der Waals surface area contributed by atoms with Crippen molar-refractivity contribution in [3.63, 3.8) is 0 Å². The van der Waals surface area contributed by atoms with Crippen LogP contribution in [0.1, 0.15) is 12.7 Å². The molecule has 0 bridgehead atoms. The molecular formula is C9H12N4O5. The summed E-state index contributed by atoms with van der Waals surface area (Å²) in [6.07, 6.45) is 2.14. The smallest absolute Gasteiger partial charge is 0.343 e. The molecule has 9 nitrogen and oxygen atoms in total. The molecule has 9 heteroatoms. The highest BCUT2D eigenvalue weighted by molar-refractivity contribution is 5.71. The van der Waals surface area contributed by atoms with Crippen molar-refractivity contribution in [2.45, 2.75) is 13.5 Å². The Bertz CT molecular complexity index is 489. The fourth-order valence-corrected chi connectivity index (χ4v) is 1.30. The van der Waals surface area contributed by atoms with Crippen LogP contribution in [0.25, 0.3) is 0 Å². The Morgan fingerprint density at radius 3 is 2.78 bits per heavy atom. The topological polar surface area (TPSA) is 113 Å². The van der Waals surface area contributed by atoms with Gasteiger partial charge in [0, 0.05) is 6.92 Å². The van der Waals surface area contributed by atoms with E-state index >= 15 is 0 Å². The predicted molar refractivity (Wildman–Crippen MR) is 60.2 cm³/mol. The van der Waals surface area contributed by atoms with Gasteiger partial charge in [0.15, 0.2) is 0 Å². The zero-order chi connectivity index (χ0) is 13.7. The van der Waals surface area contributed by atoms with Gasteiger partial charge in [-0.3, -0.25) is 4.79 Å². The van der Waals surface area contributed by atoms with Crippen LogP contribution in [0.15, 0.2) is 6.20 Å². The molecule has 1 heterocycles. The van der Waals surface area contributed by atoms with Crippen LogP contribution in [-0.2, 0) is 16.1 Å². The first kappa shape index (κ1) is 13.6. The molecule has 0 saturated heterocycles. The van der Waals surface area contributed by atoms with Gasteiger partial charge >= 0.3 is 11.8 Å². The number of imidazole rings is 1. The molecule has 0 amide bonds. The SMILES string of the molecule is CC(=O)OCCn1c([N+](=O)[O-])cnc1/C=[N+](\C)[O-]. The molecule has 0 atom stereocenters. The van der Waals surface area contributed by atoms with E-state index in [2.05, 4.69) is 4.98 Å². The van der Waals surface area contributed by atoms with Crippen molar-refractivity contribution < 1.29 is 19.2 Å². The number of esters is 1. The van der Waals surface area contributed by atoms with Crippen LogP contribution in [0.3, 0.4) is 0 Å². The molecular weight excluding hydrogens is 244 g/mol. The third-order valence-electron chi connectivity index (χ3n) is 1.97. The lowest BCUT2D eigenvalue weighted by Crippen LogP contribution is -2.14. The molecule has 0 aliphatic carbocycles. The third-order valence-corrected chi connectivity index (χ3v) is 1.97. The average molecular weight is 256 g/mol. The lowest BCUT2D eigenvalue weighted by atomic mass is 10.5. The monoisotopic (exact) mass is 256 g/mol. The Morgan fingerprint density at radius 2 is 2.28 bits per heavy atom. The zero-order valence-electron chi connectivity index (χ0n) is 9.90. The summed E-state index contributed by atoms with van der Waals surface area (Å²) in [5.74, 6) is -0.620. The number of carbonyl (C=O) groups excluding carboxylic acids is 1. The number of ether oxygens (including phenoxy) is 1. The van der Waals surface area contributed by atoms with Gasteiger partial charge in [0.05, 0.1) is 0 Å². The van der Waals surface area contributed by atoms with Crippen molar-refractivity contribution in [1.29, 1.82) is 0 Å². The highest BCUT2D eigenvalue weighted by Crippen LogP contribution is 2.12. The standard InChI is InChI=1S/C9H12N4O5/c1-7(14)18-4-3-12-8(6-11(2)15)10-5-9(12)13(16)17/h5-6H,3-4H2,1-2H3/b11-6+. The maximum Gasteiger partial charge on any atom is 0.343 e. The summed E-state index contributed by atoms with van der Waals surface area (Å²) < 4.78 is 6.37. The molecule has 98 valence electrons. The molecule has 0 aliphatic rings. The number of hydroxylamine groups is 1. The number of carbonyl (C=O) groups is 1. The summed E-state index contributed by atoms with van der Waals surface area (Å²) in [4.78, 5) is 24.5. The number of nitrogens with zero attached hydrogens (tertiary/aromatic N) is 4. The van der Waals surface area contributed by atoms with Crippen molar-refractivity contribution in [3.8, 4) is 0 Å². The summed E-state index contributed by atoms with van der Waals surface area (Å²) >= 11 is 0. The number of hydrogen-bond donors (Lipinski definition) is 0. The van der Waals surface area contributed by atoms with E-state index in [4.69, 9.17) is 4.74 Å². The highest BCUT2D eigenvalue weighted by Gasteiger charge is 2.20. The van der Waals surface area contributed by atoms with Crippen LogP contribution in [0, 0.1) is 15.3 Å². The molecule has 1 aromatic heterocycles. The Kier molecular flexibility index (Phi) is 4.35. The molecule has 0 radical (unpaired) electrons. The number of hydrogen-bond acceptors (Lipinski definition) is 6. The Labute approximate surface area is 102 Å². The Balaban J connectivity index is 2.96. The first-order valence-corrected chi connectivity index (χ1v) is 5.00. The number of rotatable bonds is 5. The second-order valence-electron chi connectivity index (χ2n) is 3.40. The second kappa shape index (κ2) is 5.75. The van der Waals surface area contributed by atoms with Crippen molar-refractivity contribution in [3.05, 3.63) is 27.3 Å². The molecule has 1 rings (SSSR count). The van der Waals surface area contributed by atoms with Crippen LogP contribution in [0.4, 0.5) is 5.82 Å². The fourth-order valence-electron chi connectivity index (χ4n) is 1.30.